The molecule has 0 atom stereocenters. The molecule has 0 unspecified atom stereocenters. The van der Waals surface area contributed by atoms with Crippen LogP contribution in [-0.2, 0) is 11.8 Å². The van der Waals surface area contributed by atoms with Crippen molar-refractivity contribution in [2.24, 2.45) is 7.05 Å². The fourth-order valence-corrected chi connectivity index (χ4v) is 1.86. The van der Waals surface area contributed by atoms with Crippen LogP contribution in [0.1, 0.15) is 29.4 Å². The summed E-state index contributed by atoms with van der Waals surface area (Å²) in [6.45, 7) is 4.65. The molecule has 0 bridgehead atoms. The summed E-state index contributed by atoms with van der Waals surface area (Å²) < 4.78 is 1.62. The number of anilines is 1. The van der Waals surface area contributed by atoms with Crippen LogP contribution in [0.2, 0.25) is 0 Å². The second-order valence-electron chi connectivity index (χ2n) is 4.27. The van der Waals surface area contributed by atoms with E-state index < -0.39 is 0 Å². The van der Waals surface area contributed by atoms with Gasteiger partial charge in [0, 0.05) is 20.6 Å². The number of nitrogens with one attached hydrogen (secondary N) is 1. The summed E-state index contributed by atoms with van der Waals surface area (Å²) in [7, 11) is 3.53. The molecule has 6 heteroatoms. The lowest BCUT2D eigenvalue weighted by molar-refractivity contribution is -0.119. The Kier molecular flexibility index (Phi) is 4.88. The third-order valence-corrected chi connectivity index (χ3v) is 2.67. The molecule has 0 spiro atoms. The first kappa shape index (κ1) is 14.2. The molecule has 0 aliphatic heterocycles. The third-order valence-electron chi connectivity index (χ3n) is 2.67. The number of hydrogen-bond acceptors (Lipinski definition) is 4. The van der Waals surface area contributed by atoms with Gasteiger partial charge in [-0.15, -0.1) is 0 Å². The average Bonchev–Trinajstić information content (AvgIpc) is 2.60. The third kappa shape index (κ3) is 3.09. The minimum Gasteiger partial charge on any atom is -0.355 e. The van der Waals surface area contributed by atoms with Crippen molar-refractivity contribution in [3.05, 3.63) is 11.3 Å². The van der Waals surface area contributed by atoms with Crippen molar-refractivity contribution >= 4 is 18.0 Å². The second kappa shape index (κ2) is 6.18. The van der Waals surface area contributed by atoms with E-state index >= 15 is 0 Å². The number of hydrogen-bond donors (Lipinski definition) is 1. The molecule has 100 valence electrons. The summed E-state index contributed by atoms with van der Waals surface area (Å²) in [6.07, 6.45) is 1.68. The maximum Gasteiger partial charge on any atom is 0.239 e. The van der Waals surface area contributed by atoms with Gasteiger partial charge >= 0.3 is 0 Å². The number of nitrogens with zero attached hydrogens (tertiary/aromatic N) is 3. The summed E-state index contributed by atoms with van der Waals surface area (Å²) in [4.78, 5) is 24.4. The second-order valence-corrected chi connectivity index (χ2v) is 4.27. The molecule has 0 aromatic carbocycles. The van der Waals surface area contributed by atoms with E-state index in [2.05, 4.69) is 10.4 Å². The van der Waals surface area contributed by atoms with Crippen molar-refractivity contribution < 1.29 is 9.59 Å². The lowest BCUT2D eigenvalue weighted by Gasteiger charge is -2.19. The van der Waals surface area contributed by atoms with Gasteiger partial charge < -0.3 is 10.2 Å². The quantitative estimate of drug-likeness (QED) is 0.749. The first-order valence-electron chi connectivity index (χ1n) is 5.97. The van der Waals surface area contributed by atoms with Gasteiger partial charge in [-0.2, -0.15) is 5.10 Å². The standard InChI is InChI=1S/C12H20N4O2/c1-5-6-13-11(18)7-15(3)12-10(8-17)9(2)14-16(12)4/h8H,5-7H2,1-4H3,(H,13,18). The maximum atomic E-state index is 11.6. The molecular formula is C12H20N4O2. The van der Waals surface area contributed by atoms with Crippen molar-refractivity contribution in [1.29, 1.82) is 0 Å². The molecule has 0 aliphatic rings. The summed E-state index contributed by atoms with van der Waals surface area (Å²) in [6, 6.07) is 0. The van der Waals surface area contributed by atoms with E-state index in [1.807, 2.05) is 6.92 Å². The number of aldehydes is 1. The van der Waals surface area contributed by atoms with Gasteiger partial charge in [-0.3, -0.25) is 14.3 Å². The van der Waals surface area contributed by atoms with Crippen LogP contribution in [0.25, 0.3) is 0 Å². The minimum absolute atomic E-state index is 0.0601. The molecule has 1 heterocycles. The number of aryl methyl sites for hydroxylation is 2. The largest absolute Gasteiger partial charge is 0.355 e. The van der Waals surface area contributed by atoms with Crippen LogP contribution in [0.15, 0.2) is 0 Å². The molecule has 1 aromatic heterocycles. The van der Waals surface area contributed by atoms with Crippen LogP contribution in [0.3, 0.4) is 0 Å². The van der Waals surface area contributed by atoms with Crippen LogP contribution in [0.5, 0.6) is 0 Å². The number of aromatic nitrogens is 2. The van der Waals surface area contributed by atoms with Crippen molar-refractivity contribution in [2.45, 2.75) is 20.3 Å². The van der Waals surface area contributed by atoms with Crippen LogP contribution in [-0.4, -0.2) is 42.1 Å². The van der Waals surface area contributed by atoms with Crippen molar-refractivity contribution in [3.63, 3.8) is 0 Å². The van der Waals surface area contributed by atoms with Crippen LogP contribution >= 0.6 is 0 Å². The molecule has 18 heavy (non-hydrogen) atoms. The zero-order chi connectivity index (χ0) is 13.7. The van der Waals surface area contributed by atoms with Gasteiger partial charge in [-0.1, -0.05) is 6.92 Å². The van der Waals surface area contributed by atoms with Gasteiger partial charge in [-0.05, 0) is 13.3 Å². The lowest BCUT2D eigenvalue weighted by Crippen LogP contribution is -2.36. The predicted molar refractivity (Wildman–Crippen MR) is 69.9 cm³/mol. The topological polar surface area (TPSA) is 67.2 Å². The van der Waals surface area contributed by atoms with E-state index in [9.17, 15) is 9.59 Å². The molecule has 0 aliphatic carbocycles. The van der Waals surface area contributed by atoms with E-state index in [0.717, 1.165) is 12.7 Å². The average molecular weight is 252 g/mol. The fraction of sp³-hybridized carbons (Fsp3) is 0.583. The van der Waals surface area contributed by atoms with Gasteiger partial charge in [0.15, 0.2) is 6.29 Å². The van der Waals surface area contributed by atoms with Gasteiger partial charge in [0.1, 0.15) is 5.82 Å². The van der Waals surface area contributed by atoms with Crippen LogP contribution in [0.4, 0.5) is 5.82 Å². The molecule has 1 rings (SSSR count). The highest BCUT2D eigenvalue weighted by Crippen LogP contribution is 2.19. The number of rotatable bonds is 6. The van der Waals surface area contributed by atoms with Crippen molar-refractivity contribution in [3.8, 4) is 0 Å². The molecule has 6 nitrogen and oxygen atoms in total. The summed E-state index contributed by atoms with van der Waals surface area (Å²) >= 11 is 0. The van der Waals surface area contributed by atoms with Gasteiger partial charge in [0.2, 0.25) is 5.91 Å². The van der Waals surface area contributed by atoms with E-state index in [1.165, 1.54) is 0 Å². The van der Waals surface area contributed by atoms with Crippen molar-refractivity contribution in [1.82, 2.24) is 15.1 Å². The Morgan fingerprint density at radius 3 is 2.78 bits per heavy atom. The Balaban J connectivity index is 2.81. The molecule has 0 fully saturated rings. The van der Waals surface area contributed by atoms with E-state index in [1.54, 1.807) is 30.6 Å². The van der Waals surface area contributed by atoms with Crippen molar-refractivity contribution in [2.75, 3.05) is 25.0 Å². The molecule has 0 saturated carbocycles. The SMILES string of the molecule is CCCNC(=O)CN(C)c1c(C=O)c(C)nn1C. The predicted octanol–water partition coefficient (Wildman–Crippen LogP) is 0.503. The Bertz CT molecular complexity index is 440. The van der Waals surface area contributed by atoms with E-state index in [-0.39, 0.29) is 12.5 Å². The Morgan fingerprint density at radius 1 is 1.56 bits per heavy atom. The smallest absolute Gasteiger partial charge is 0.239 e. The Labute approximate surface area is 107 Å². The highest BCUT2D eigenvalue weighted by atomic mass is 16.2. The van der Waals surface area contributed by atoms with Crippen LogP contribution in [0, 0.1) is 6.92 Å². The molecular weight excluding hydrogens is 232 g/mol. The van der Waals surface area contributed by atoms with Gasteiger partial charge in [0.05, 0.1) is 17.8 Å². The van der Waals surface area contributed by atoms with E-state index in [4.69, 9.17) is 0 Å². The maximum absolute atomic E-state index is 11.6. The number of amides is 1. The monoisotopic (exact) mass is 252 g/mol. The van der Waals surface area contributed by atoms with Gasteiger partial charge in [0.25, 0.3) is 0 Å². The molecule has 1 N–H and O–H groups in total. The first-order chi connectivity index (χ1) is 8.51. The normalized spacial score (nSPS) is 10.2. The number of likely N-dealkylation sites (N-methyl/N-ethyl adjacent to an activating group) is 1. The van der Waals surface area contributed by atoms with Crippen LogP contribution < -0.4 is 10.2 Å². The molecule has 1 amide bonds. The zero-order valence-electron chi connectivity index (χ0n) is 11.4. The Morgan fingerprint density at radius 2 is 2.22 bits per heavy atom. The summed E-state index contributed by atoms with van der Waals surface area (Å²) in [5.41, 5.74) is 1.20. The summed E-state index contributed by atoms with van der Waals surface area (Å²) in [5, 5.41) is 6.98. The zero-order valence-corrected chi connectivity index (χ0v) is 11.4. The lowest BCUT2D eigenvalue weighted by atomic mass is 10.2. The number of carbonyl (C=O) groups is 2. The molecule has 1 aromatic rings. The fourth-order valence-electron chi connectivity index (χ4n) is 1.86. The van der Waals surface area contributed by atoms with E-state index in [0.29, 0.717) is 23.6 Å². The first-order valence-corrected chi connectivity index (χ1v) is 5.97. The Hall–Kier alpha value is -1.85. The minimum atomic E-state index is -0.0601. The molecule has 0 saturated heterocycles. The van der Waals surface area contributed by atoms with Gasteiger partial charge in [-0.25, -0.2) is 0 Å². The molecule has 0 radical (unpaired) electrons. The highest BCUT2D eigenvalue weighted by Gasteiger charge is 2.17. The highest BCUT2D eigenvalue weighted by molar-refractivity contribution is 5.87. The summed E-state index contributed by atoms with van der Waals surface area (Å²) in [5.74, 6) is 0.601. The number of carbonyl (C=O) groups excluding carboxylic acids is 2.